The topological polar surface area (TPSA) is 96.0 Å². The molecule has 0 radical (unpaired) electrons. The van der Waals surface area contributed by atoms with Crippen LogP contribution in [0.15, 0.2) is 0 Å². The minimum atomic E-state index is -3.99. The van der Waals surface area contributed by atoms with Gasteiger partial charge in [-0.25, -0.2) is 4.79 Å². The summed E-state index contributed by atoms with van der Waals surface area (Å²) in [7, 11) is -3.99. The SMILES string of the molecule is CCOP([O-])(OCC)=C([N+]#N)C(=O)OC1CCCCC1C(C)(C)C. The fraction of sp³-hybridized carbons (Fsp3) is 0.875. The van der Waals surface area contributed by atoms with Crippen LogP contribution in [-0.2, 0) is 18.6 Å². The van der Waals surface area contributed by atoms with E-state index < -0.39 is 19.0 Å². The molecule has 0 amide bonds. The summed E-state index contributed by atoms with van der Waals surface area (Å²) in [5, 5.41) is 9.20. The molecule has 0 saturated heterocycles. The van der Waals surface area contributed by atoms with Crippen LogP contribution < -0.4 is 4.89 Å². The molecule has 1 saturated carbocycles. The minimum absolute atomic E-state index is 0.0224. The Labute approximate surface area is 144 Å². The molecular weight excluding hydrogens is 331 g/mol. The fourth-order valence-electron chi connectivity index (χ4n) is 3.13. The van der Waals surface area contributed by atoms with Gasteiger partial charge < -0.3 is 18.7 Å². The maximum atomic E-state index is 12.7. The van der Waals surface area contributed by atoms with Gasteiger partial charge in [-0.3, -0.25) is 0 Å². The summed E-state index contributed by atoms with van der Waals surface area (Å²) in [5.74, 6) is -0.752. The van der Waals surface area contributed by atoms with Gasteiger partial charge in [-0.1, -0.05) is 27.2 Å². The first-order valence-corrected chi connectivity index (χ1v) is 10.1. The van der Waals surface area contributed by atoms with Crippen molar-refractivity contribution in [1.29, 1.82) is 5.39 Å². The molecule has 0 bridgehead atoms. The van der Waals surface area contributed by atoms with Crippen LogP contribution in [0.5, 0.6) is 0 Å². The lowest BCUT2D eigenvalue weighted by Crippen LogP contribution is -2.39. The van der Waals surface area contributed by atoms with Crippen molar-refractivity contribution >= 4 is 19.0 Å². The summed E-state index contributed by atoms with van der Waals surface area (Å²) in [6.07, 6.45) is 3.44. The van der Waals surface area contributed by atoms with Crippen molar-refractivity contribution < 1.29 is 23.5 Å². The Morgan fingerprint density at radius 3 is 2.21 bits per heavy atom. The second-order valence-electron chi connectivity index (χ2n) is 6.96. The molecule has 0 aromatic carbocycles. The zero-order valence-corrected chi connectivity index (χ0v) is 16.2. The monoisotopic (exact) mass is 360 g/mol. The van der Waals surface area contributed by atoms with E-state index in [1.54, 1.807) is 13.8 Å². The van der Waals surface area contributed by atoms with Gasteiger partial charge in [0.25, 0.3) is 0 Å². The maximum Gasteiger partial charge on any atom is 0.494 e. The van der Waals surface area contributed by atoms with E-state index in [-0.39, 0.29) is 30.7 Å². The van der Waals surface area contributed by atoms with E-state index in [4.69, 9.17) is 13.8 Å². The van der Waals surface area contributed by atoms with Crippen LogP contribution in [0, 0.1) is 16.7 Å². The van der Waals surface area contributed by atoms with E-state index in [2.05, 4.69) is 25.7 Å². The lowest BCUT2D eigenvalue weighted by atomic mass is 9.71. The Morgan fingerprint density at radius 1 is 1.21 bits per heavy atom. The quantitative estimate of drug-likeness (QED) is 0.410. The Balaban J connectivity index is 3.07. The molecule has 0 aliphatic heterocycles. The van der Waals surface area contributed by atoms with E-state index in [0.29, 0.717) is 0 Å². The Kier molecular flexibility index (Phi) is 7.88. The summed E-state index contributed by atoms with van der Waals surface area (Å²) in [5.41, 5.74) is -0.713. The van der Waals surface area contributed by atoms with Gasteiger partial charge in [0.2, 0.25) is 5.39 Å². The van der Waals surface area contributed by atoms with E-state index in [1.807, 2.05) is 0 Å². The summed E-state index contributed by atoms with van der Waals surface area (Å²) < 4.78 is 15.7. The van der Waals surface area contributed by atoms with E-state index >= 15 is 0 Å². The second kappa shape index (κ2) is 8.96. The normalized spacial score (nSPS) is 21.9. The van der Waals surface area contributed by atoms with Crippen LogP contribution in [0.1, 0.15) is 60.3 Å². The maximum absolute atomic E-state index is 12.7. The molecule has 0 aromatic rings. The molecule has 7 nitrogen and oxygen atoms in total. The number of diazo groups is 1. The third-order valence-electron chi connectivity index (χ3n) is 4.21. The Bertz CT molecular complexity index is 526. The smallest absolute Gasteiger partial charge is 0.494 e. The Morgan fingerprint density at radius 2 is 1.75 bits per heavy atom. The number of rotatable bonds is 6. The van der Waals surface area contributed by atoms with Crippen LogP contribution in [-0.4, -0.2) is 30.7 Å². The second-order valence-corrected chi connectivity index (χ2v) is 8.89. The highest BCUT2D eigenvalue weighted by atomic mass is 31.2. The van der Waals surface area contributed by atoms with Crippen molar-refractivity contribution in [3.63, 3.8) is 0 Å². The van der Waals surface area contributed by atoms with Crippen LogP contribution >= 0.6 is 7.57 Å². The number of carbonyl (C=O) groups is 1. The molecule has 1 rings (SSSR count). The summed E-state index contributed by atoms with van der Waals surface area (Å²) in [6.45, 7) is 9.66. The highest BCUT2D eigenvalue weighted by molar-refractivity contribution is 7.62. The van der Waals surface area contributed by atoms with Crippen LogP contribution in [0.2, 0.25) is 0 Å². The van der Waals surface area contributed by atoms with Gasteiger partial charge in [0.05, 0.1) is 0 Å². The van der Waals surface area contributed by atoms with Crippen LogP contribution in [0.25, 0.3) is 4.98 Å². The summed E-state index contributed by atoms with van der Waals surface area (Å²) in [4.78, 5) is 28.0. The molecule has 0 heterocycles. The molecular formula is C16H29N2O5P. The standard InChI is InChI=1S/C16H29N2O5P/c1-6-21-24(20,22-7-2)14(18-17)15(19)23-13-11-9-8-10-12(13)16(3,4)5/h12-13H,6-11H2,1-5H3. The predicted molar refractivity (Wildman–Crippen MR) is 91.6 cm³/mol. The summed E-state index contributed by atoms with van der Waals surface area (Å²) >= 11 is 0. The van der Waals surface area contributed by atoms with Gasteiger partial charge in [-0.05, 0) is 38.5 Å². The largest absolute Gasteiger partial charge is 0.782 e. The van der Waals surface area contributed by atoms with Gasteiger partial charge >= 0.3 is 11.4 Å². The first-order valence-electron chi connectivity index (χ1n) is 8.52. The molecule has 0 spiro atoms. The summed E-state index contributed by atoms with van der Waals surface area (Å²) in [6, 6.07) is 0. The third-order valence-corrected chi connectivity index (χ3v) is 6.20. The van der Waals surface area contributed by atoms with Crippen molar-refractivity contribution in [2.45, 2.75) is 66.4 Å². The van der Waals surface area contributed by atoms with Gasteiger partial charge in [0.15, 0.2) is 12.5 Å². The number of esters is 1. The van der Waals surface area contributed by atoms with Crippen molar-refractivity contribution in [3.05, 3.63) is 4.98 Å². The molecule has 0 aromatic heterocycles. The highest BCUT2D eigenvalue weighted by Crippen LogP contribution is 2.44. The molecule has 8 heteroatoms. The first-order chi connectivity index (χ1) is 11.2. The molecule has 138 valence electrons. The minimum Gasteiger partial charge on any atom is -0.782 e. The lowest BCUT2D eigenvalue weighted by Gasteiger charge is -2.39. The number of carbonyl (C=O) groups excluding carboxylic acids is 1. The van der Waals surface area contributed by atoms with Crippen molar-refractivity contribution in [2.24, 2.45) is 11.3 Å². The van der Waals surface area contributed by atoms with Crippen molar-refractivity contribution in [1.82, 2.24) is 0 Å². The number of nitrogens with zero attached hydrogens (tertiary/aromatic N) is 2. The molecule has 1 aliphatic rings. The van der Waals surface area contributed by atoms with E-state index in [1.165, 1.54) is 0 Å². The molecule has 1 fully saturated rings. The van der Waals surface area contributed by atoms with Crippen LogP contribution in [0.4, 0.5) is 0 Å². The Hall–Kier alpha value is -0.930. The van der Waals surface area contributed by atoms with Crippen LogP contribution in [0.3, 0.4) is 0 Å². The van der Waals surface area contributed by atoms with Gasteiger partial charge in [-0.15, -0.1) is 0 Å². The average molecular weight is 360 g/mol. The highest BCUT2D eigenvalue weighted by Gasteiger charge is 2.41. The number of hydrogen-bond donors (Lipinski definition) is 0. The van der Waals surface area contributed by atoms with E-state index in [9.17, 15) is 15.1 Å². The van der Waals surface area contributed by atoms with Crippen molar-refractivity contribution in [2.75, 3.05) is 13.2 Å². The molecule has 2 unspecified atom stereocenters. The van der Waals surface area contributed by atoms with Crippen molar-refractivity contribution in [3.8, 4) is 0 Å². The molecule has 2 atom stereocenters. The lowest BCUT2D eigenvalue weighted by molar-refractivity contribution is -0.207. The predicted octanol–water partition coefficient (Wildman–Crippen LogP) is 3.31. The zero-order chi connectivity index (χ0) is 18.4. The number of ether oxygens (including phenoxy) is 1. The van der Waals surface area contributed by atoms with Gasteiger partial charge in [-0.2, -0.15) is 0 Å². The molecule has 0 N–H and O–H groups in total. The van der Waals surface area contributed by atoms with Gasteiger partial charge in [0, 0.05) is 19.1 Å². The third kappa shape index (κ3) is 5.29. The molecule has 1 aliphatic carbocycles. The van der Waals surface area contributed by atoms with Gasteiger partial charge in [0.1, 0.15) is 6.10 Å². The van der Waals surface area contributed by atoms with E-state index in [0.717, 1.165) is 25.7 Å². The number of hydrogen-bond acceptors (Lipinski definition) is 6. The molecule has 24 heavy (non-hydrogen) atoms. The fourth-order valence-corrected chi connectivity index (χ4v) is 4.51. The first kappa shape index (κ1) is 21.1. The zero-order valence-electron chi connectivity index (χ0n) is 15.3. The average Bonchev–Trinajstić information content (AvgIpc) is 2.47.